The number of rotatable bonds is 4. The van der Waals surface area contributed by atoms with E-state index in [1.807, 2.05) is 54.3 Å². The Morgan fingerprint density at radius 3 is 2.76 bits per heavy atom. The van der Waals surface area contributed by atoms with Crippen LogP contribution in [0.15, 0.2) is 59.0 Å². The molecule has 1 aliphatic rings. The molecule has 0 N–H and O–H groups in total. The number of nitrogens with zero attached hydrogens (tertiary/aromatic N) is 1. The van der Waals surface area contributed by atoms with Crippen molar-refractivity contribution in [3.8, 4) is 5.75 Å². The minimum absolute atomic E-state index is 0.0346. The average molecular weight is 335 g/mol. The van der Waals surface area contributed by atoms with Crippen LogP contribution in [0.4, 0.5) is 0 Å². The first-order chi connectivity index (χ1) is 12.3. The Morgan fingerprint density at radius 2 is 2.00 bits per heavy atom. The van der Waals surface area contributed by atoms with Gasteiger partial charge < -0.3 is 14.1 Å². The summed E-state index contributed by atoms with van der Waals surface area (Å²) in [6, 6.07) is 17.7. The van der Waals surface area contributed by atoms with Gasteiger partial charge in [0.05, 0.1) is 12.6 Å². The van der Waals surface area contributed by atoms with Crippen LogP contribution in [0.5, 0.6) is 5.75 Å². The number of hydrogen-bond donors (Lipinski definition) is 0. The van der Waals surface area contributed by atoms with Gasteiger partial charge in [0.15, 0.2) is 5.76 Å². The predicted molar refractivity (Wildman–Crippen MR) is 96.8 cm³/mol. The number of carbonyl (C=O) groups is 1. The molecule has 4 rings (SSSR count). The molecule has 0 radical (unpaired) electrons. The minimum atomic E-state index is -0.0346. The second kappa shape index (κ2) is 6.63. The molecule has 2 heterocycles. The maximum absolute atomic E-state index is 13.0. The number of amides is 1. The first kappa shape index (κ1) is 15.8. The molecule has 1 saturated heterocycles. The van der Waals surface area contributed by atoms with Gasteiger partial charge in [0.25, 0.3) is 5.91 Å². The van der Waals surface area contributed by atoms with Crippen molar-refractivity contribution in [2.45, 2.75) is 25.8 Å². The highest BCUT2D eigenvalue weighted by Crippen LogP contribution is 2.34. The zero-order chi connectivity index (χ0) is 17.2. The summed E-state index contributed by atoms with van der Waals surface area (Å²) in [5.41, 5.74) is 1.90. The molecular weight excluding hydrogens is 314 g/mol. The van der Waals surface area contributed by atoms with Gasteiger partial charge in [-0.05, 0) is 49.6 Å². The van der Waals surface area contributed by atoms with Gasteiger partial charge in [-0.2, -0.15) is 0 Å². The highest BCUT2D eigenvalue weighted by atomic mass is 16.5. The number of furan rings is 1. The van der Waals surface area contributed by atoms with Crippen LogP contribution >= 0.6 is 0 Å². The number of likely N-dealkylation sites (tertiary alicyclic amines) is 1. The lowest BCUT2D eigenvalue weighted by molar-refractivity contribution is 0.0705. The summed E-state index contributed by atoms with van der Waals surface area (Å²) in [7, 11) is 0. The van der Waals surface area contributed by atoms with Gasteiger partial charge in [-0.25, -0.2) is 0 Å². The summed E-state index contributed by atoms with van der Waals surface area (Å²) in [6.45, 7) is 3.38. The molecular formula is C21H21NO3. The molecule has 25 heavy (non-hydrogen) atoms. The van der Waals surface area contributed by atoms with Gasteiger partial charge in [0.1, 0.15) is 11.3 Å². The highest BCUT2D eigenvalue weighted by molar-refractivity contribution is 5.96. The topological polar surface area (TPSA) is 42.7 Å². The van der Waals surface area contributed by atoms with Crippen molar-refractivity contribution in [3.05, 3.63) is 65.9 Å². The van der Waals surface area contributed by atoms with Crippen LogP contribution in [0.2, 0.25) is 0 Å². The third-order valence-electron chi connectivity index (χ3n) is 4.73. The molecule has 0 spiro atoms. The SMILES string of the molecule is CCOc1ccc([C@@H]2CCCN2C(=O)c2cc3ccccc3o2)cc1. The average Bonchev–Trinajstić information content (AvgIpc) is 3.29. The van der Waals surface area contributed by atoms with Gasteiger partial charge in [-0.3, -0.25) is 4.79 Å². The largest absolute Gasteiger partial charge is 0.494 e. The van der Waals surface area contributed by atoms with Crippen molar-refractivity contribution in [2.24, 2.45) is 0 Å². The first-order valence-corrected chi connectivity index (χ1v) is 8.78. The molecule has 0 bridgehead atoms. The van der Waals surface area contributed by atoms with E-state index >= 15 is 0 Å². The molecule has 4 heteroatoms. The Balaban J connectivity index is 1.58. The van der Waals surface area contributed by atoms with E-state index in [-0.39, 0.29) is 11.9 Å². The molecule has 3 aromatic rings. The van der Waals surface area contributed by atoms with Crippen molar-refractivity contribution in [1.82, 2.24) is 4.90 Å². The fraction of sp³-hybridized carbons (Fsp3) is 0.286. The Morgan fingerprint density at radius 1 is 1.20 bits per heavy atom. The summed E-state index contributed by atoms with van der Waals surface area (Å²) < 4.78 is 11.3. The molecule has 0 aliphatic carbocycles. The standard InChI is InChI=1S/C21H21NO3/c1-2-24-17-11-9-15(10-12-17)18-7-5-13-22(18)21(23)20-14-16-6-3-4-8-19(16)25-20/h3-4,6,8-12,14,18H,2,5,7,13H2,1H3/t18-/m0/s1. The van der Waals surface area contributed by atoms with E-state index in [0.717, 1.165) is 41.7 Å². The van der Waals surface area contributed by atoms with Gasteiger partial charge in [-0.15, -0.1) is 0 Å². The minimum Gasteiger partial charge on any atom is -0.494 e. The second-order valence-corrected chi connectivity index (χ2v) is 6.31. The maximum atomic E-state index is 13.0. The summed E-state index contributed by atoms with van der Waals surface area (Å²) in [5.74, 6) is 1.24. The Bertz CT molecular complexity index is 849. The first-order valence-electron chi connectivity index (χ1n) is 8.78. The Hall–Kier alpha value is -2.75. The molecule has 0 unspecified atom stereocenters. The van der Waals surface area contributed by atoms with Crippen LogP contribution < -0.4 is 4.74 Å². The monoisotopic (exact) mass is 335 g/mol. The lowest BCUT2D eigenvalue weighted by Gasteiger charge is -2.24. The highest BCUT2D eigenvalue weighted by Gasteiger charge is 2.32. The van der Waals surface area contributed by atoms with Gasteiger partial charge in [0, 0.05) is 11.9 Å². The van der Waals surface area contributed by atoms with Crippen molar-refractivity contribution in [2.75, 3.05) is 13.2 Å². The predicted octanol–water partition coefficient (Wildman–Crippen LogP) is 4.81. The van der Waals surface area contributed by atoms with Crippen molar-refractivity contribution < 1.29 is 13.9 Å². The number of hydrogen-bond acceptors (Lipinski definition) is 3. The van der Waals surface area contributed by atoms with E-state index in [0.29, 0.717) is 12.4 Å². The van der Waals surface area contributed by atoms with Crippen LogP contribution in [0, 0.1) is 0 Å². The summed E-state index contributed by atoms with van der Waals surface area (Å²) in [6.07, 6.45) is 1.98. The van der Waals surface area contributed by atoms with E-state index in [9.17, 15) is 4.79 Å². The quantitative estimate of drug-likeness (QED) is 0.687. The van der Waals surface area contributed by atoms with Crippen molar-refractivity contribution >= 4 is 16.9 Å². The van der Waals surface area contributed by atoms with Crippen LogP contribution in [0.3, 0.4) is 0 Å². The summed E-state index contributed by atoms with van der Waals surface area (Å²) >= 11 is 0. The summed E-state index contributed by atoms with van der Waals surface area (Å²) in [4.78, 5) is 14.9. The molecule has 1 fully saturated rings. The van der Waals surface area contributed by atoms with E-state index in [2.05, 4.69) is 12.1 Å². The lowest BCUT2D eigenvalue weighted by Crippen LogP contribution is -2.30. The molecule has 128 valence electrons. The molecule has 4 nitrogen and oxygen atoms in total. The second-order valence-electron chi connectivity index (χ2n) is 6.31. The smallest absolute Gasteiger partial charge is 0.290 e. The molecule has 1 aromatic heterocycles. The maximum Gasteiger partial charge on any atom is 0.290 e. The van der Waals surface area contributed by atoms with Gasteiger partial charge in [0.2, 0.25) is 0 Å². The number of para-hydroxylation sites is 1. The number of benzene rings is 2. The van der Waals surface area contributed by atoms with Gasteiger partial charge >= 0.3 is 0 Å². The Kier molecular flexibility index (Phi) is 4.18. The number of fused-ring (bicyclic) bond motifs is 1. The van der Waals surface area contributed by atoms with E-state index in [4.69, 9.17) is 9.15 Å². The van der Waals surface area contributed by atoms with Crippen LogP contribution in [0.1, 0.15) is 41.9 Å². The number of ether oxygens (including phenoxy) is 1. The van der Waals surface area contributed by atoms with E-state index in [1.54, 1.807) is 0 Å². The van der Waals surface area contributed by atoms with E-state index in [1.165, 1.54) is 0 Å². The third-order valence-corrected chi connectivity index (χ3v) is 4.73. The zero-order valence-electron chi connectivity index (χ0n) is 14.3. The van der Waals surface area contributed by atoms with Crippen molar-refractivity contribution in [3.63, 3.8) is 0 Å². The summed E-state index contributed by atoms with van der Waals surface area (Å²) in [5, 5.41) is 0.961. The van der Waals surface area contributed by atoms with Gasteiger partial charge in [-0.1, -0.05) is 30.3 Å². The lowest BCUT2D eigenvalue weighted by atomic mass is 10.0. The fourth-order valence-electron chi connectivity index (χ4n) is 3.54. The van der Waals surface area contributed by atoms with Crippen molar-refractivity contribution in [1.29, 1.82) is 0 Å². The van der Waals surface area contributed by atoms with Crippen LogP contribution in [-0.4, -0.2) is 24.0 Å². The molecule has 1 aliphatic heterocycles. The van der Waals surface area contributed by atoms with Crippen LogP contribution in [-0.2, 0) is 0 Å². The normalized spacial score (nSPS) is 17.2. The van der Waals surface area contributed by atoms with Crippen LogP contribution in [0.25, 0.3) is 11.0 Å². The number of carbonyl (C=O) groups excluding carboxylic acids is 1. The van der Waals surface area contributed by atoms with E-state index < -0.39 is 0 Å². The Labute approximate surface area is 147 Å². The zero-order valence-corrected chi connectivity index (χ0v) is 14.3. The molecule has 2 aromatic carbocycles. The molecule has 1 amide bonds. The fourth-order valence-corrected chi connectivity index (χ4v) is 3.54. The third kappa shape index (κ3) is 3.00. The molecule has 1 atom stereocenters. The molecule has 0 saturated carbocycles.